The lowest BCUT2D eigenvalue weighted by atomic mass is 9.33. The Morgan fingerprint density at radius 3 is 2.15 bits per heavy atom. The molecule has 0 radical (unpaired) electrons. The van der Waals surface area contributed by atoms with Gasteiger partial charge >= 0.3 is 0 Å². The Kier molecular flexibility index (Phi) is 7.94. The average Bonchev–Trinajstić information content (AvgIpc) is 3.73. The minimum absolute atomic E-state index is 0.0375. The molecule has 0 saturated heterocycles. The smallest absolute Gasteiger partial charge is 0.252 e. The molecule has 0 saturated carbocycles. The Morgan fingerprint density at radius 2 is 1.35 bits per heavy atom. The summed E-state index contributed by atoms with van der Waals surface area (Å²) in [5.41, 5.74) is 21.6. The molecular formula is C58H53BN2O. The predicted molar refractivity (Wildman–Crippen MR) is 264 cm³/mol. The Bertz CT molecular complexity index is 3170. The van der Waals surface area contributed by atoms with Crippen LogP contribution in [0.2, 0.25) is 0 Å². The molecule has 5 aliphatic rings. The van der Waals surface area contributed by atoms with Gasteiger partial charge in [0.25, 0.3) is 6.71 Å². The van der Waals surface area contributed by atoms with Gasteiger partial charge in [-0.1, -0.05) is 145 Å². The van der Waals surface area contributed by atoms with Crippen molar-refractivity contribution in [1.29, 1.82) is 0 Å². The zero-order valence-corrected chi connectivity index (χ0v) is 37.0. The molecule has 7 aromatic rings. The van der Waals surface area contributed by atoms with E-state index in [1.165, 1.54) is 78.2 Å². The van der Waals surface area contributed by atoms with E-state index in [4.69, 9.17) is 4.42 Å². The minimum atomic E-state index is -0.128. The van der Waals surface area contributed by atoms with E-state index >= 15 is 0 Å². The van der Waals surface area contributed by atoms with E-state index in [1.807, 2.05) is 0 Å². The third-order valence-corrected chi connectivity index (χ3v) is 14.9. The van der Waals surface area contributed by atoms with Crippen molar-refractivity contribution in [2.24, 2.45) is 5.41 Å². The van der Waals surface area contributed by atoms with Crippen LogP contribution < -0.4 is 26.2 Å². The normalized spacial score (nSPS) is 19.9. The number of benzene rings is 6. The van der Waals surface area contributed by atoms with E-state index in [9.17, 15) is 0 Å². The largest absolute Gasteiger partial charge is 0.456 e. The van der Waals surface area contributed by atoms with Gasteiger partial charge in [-0.15, -0.1) is 0 Å². The first-order valence-corrected chi connectivity index (χ1v) is 22.7. The Balaban J connectivity index is 1.20. The zero-order chi connectivity index (χ0) is 42.3. The Hall–Kier alpha value is -6.26. The van der Waals surface area contributed by atoms with Crippen LogP contribution in [0.25, 0.3) is 27.5 Å². The van der Waals surface area contributed by atoms with Crippen LogP contribution in [0, 0.1) is 12.3 Å². The molecule has 0 amide bonds. The topological polar surface area (TPSA) is 19.6 Å². The quantitative estimate of drug-likeness (QED) is 0.165. The molecule has 3 heterocycles. The second-order valence-corrected chi connectivity index (χ2v) is 20.6. The molecule has 304 valence electrons. The second-order valence-electron chi connectivity index (χ2n) is 20.6. The highest BCUT2D eigenvalue weighted by molar-refractivity contribution is 7.00. The maximum absolute atomic E-state index is 6.61. The van der Waals surface area contributed by atoms with Crippen molar-refractivity contribution in [3.63, 3.8) is 0 Å². The Morgan fingerprint density at radius 1 is 0.629 bits per heavy atom. The third-order valence-electron chi connectivity index (χ3n) is 14.9. The van der Waals surface area contributed by atoms with E-state index in [0.29, 0.717) is 5.92 Å². The number of aryl methyl sites for hydroxylation is 1. The van der Waals surface area contributed by atoms with Crippen molar-refractivity contribution >= 4 is 79.0 Å². The molecule has 2 aliphatic heterocycles. The van der Waals surface area contributed by atoms with E-state index in [-0.39, 0.29) is 23.0 Å². The van der Waals surface area contributed by atoms with Gasteiger partial charge in [-0.3, -0.25) is 0 Å². The highest BCUT2D eigenvalue weighted by Gasteiger charge is 2.49. The molecule has 3 nitrogen and oxygen atoms in total. The predicted octanol–water partition coefficient (Wildman–Crippen LogP) is 13.6. The first kappa shape index (κ1) is 37.5. The van der Waals surface area contributed by atoms with Crippen LogP contribution >= 0.6 is 0 Å². The summed E-state index contributed by atoms with van der Waals surface area (Å²) in [6.07, 6.45) is 17.1. The molecule has 0 fully saturated rings. The number of fused-ring (bicyclic) bond motifs is 8. The number of furan rings is 1. The van der Waals surface area contributed by atoms with Gasteiger partial charge in [-0.25, -0.2) is 0 Å². The summed E-state index contributed by atoms with van der Waals surface area (Å²) in [7, 11) is 0. The Labute approximate surface area is 366 Å². The van der Waals surface area contributed by atoms with Crippen LogP contribution in [0.1, 0.15) is 94.5 Å². The zero-order valence-electron chi connectivity index (χ0n) is 37.0. The summed E-state index contributed by atoms with van der Waals surface area (Å²) in [4.78, 5) is 5.31. The third kappa shape index (κ3) is 5.44. The van der Waals surface area contributed by atoms with Crippen LogP contribution in [0.4, 0.5) is 28.4 Å². The number of hydrogen-bond acceptors (Lipinski definition) is 3. The fraction of sp³-hybridized carbons (Fsp3) is 0.241. The molecule has 0 spiro atoms. The van der Waals surface area contributed by atoms with Crippen LogP contribution in [-0.4, -0.2) is 6.71 Å². The van der Waals surface area contributed by atoms with E-state index in [0.717, 1.165) is 46.9 Å². The van der Waals surface area contributed by atoms with Crippen molar-refractivity contribution in [2.45, 2.75) is 84.5 Å². The van der Waals surface area contributed by atoms with Gasteiger partial charge in [0.15, 0.2) is 0 Å². The van der Waals surface area contributed by atoms with Gasteiger partial charge in [0.2, 0.25) is 0 Å². The number of hydrogen-bond donors (Lipinski definition) is 0. The van der Waals surface area contributed by atoms with Gasteiger partial charge in [-0.2, -0.15) is 0 Å². The van der Waals surface area contributed by atoms with Crippen molar-refractivity contribution < 1.29 is 4.42 Å². The SMILES string of the molecule is Cc1cc2c3c(c1)N(c1cccc4oc5ccccc5c14)c1cc(C4C=CC=CC4)ccc1B3c1cc3c(cc1N2C1=CC(c2ccccc2)=CCC1(C)C)C(C)(C)CC3(C)C. The van der Waals surface area contributed by atoms with E-state index in [1.54, 1.807) is 0 Å². The lowest BCUT2D eigenvalue weighted by Gasteiger charge is -2.48. The number of allylic oxidation sites excluding steroid dienone is 8. The van der Waals surface area contributed by atoms with Crippen molar-refractivity contribution in [1.82, 2.24) is 0 Å². The average molecular weight is 805 g/mol. The summed E-state index contributed by atoms with van der Waals surface area (Å²) >= 11 is 0. The van der Waals surface area contributed by atoms with Crippen molar-refractivity contribution in [2.75, 3.05) is 9.80 Å². The van der Waals surface area contributed by atoms with Gasteiger partial charge < -0.3 is 14.2 Å². The fourth-order valence-electron chi connectivity index (χ4n) is 12.2. The molecule has 1 aromatic heterocycles. The molecule has 1 atom stereocenters. The number of para-hydroxylation sites is 1. The molecule has 3 aliphatic carbocycles. The molecule has 1 unspecified atom stereocenters. The van der Waals surface area contributed by atoms with E-state index in [2.05, 4.69) is 210 Å². The van der Waals surface area contributed by atoms with Crippen LogP contribution in [0.15, 0.2) is 162 Å². The van der Waals surface area contributed by atoms with Gasteiger partial charge in [0.05, 0.1) is 11.1 Å². The number of anilines is 5. The van der Waals surface area contributed by atoms with Crippen LogP contribution in [0.5, 0.6) is 0 Å². The molecule has 6 aromatic carbocycles. The lowest BCUT2D eigenvalue weighted by molar-refractivity contribution is 0.403. The monoisotopic (exact) mass is 804 g/mol. The highest BCUT2D eigenvalue weighted by atomic mass is 16.3. The minimum Gasteiger partial charge on any atom is -0.456 e. The van der Waals surface area contributed by atoms with E-state index < -0.39 is 0 Å². The summed E-state index contributed by atoms with van der Waals surface area (Å²) < 4.78 is 6.61. The van der Waals surface area contributed by atoms with Crippen molar-refractivity contribution in [3.05, 3.63) is 185 Å². The van der Waals surface area contributed by atoms with Gasteiger partial charge in [-0.05, 0) is 135 Å². The summed E-state index contributed by atoms with van der Waals surface area (Å²) in [6.45, 7) is 17.1. The van der Waals surface area contributed by atoms with Crippen LogP contribution in [0.3, 0.4) is 0 Å². The molecule has 4 heteroatoms. The second kappa shape index (κ2) is 13.1. The molecule has 0 bridgehead atoms. The first-order valence-electron chi connectivity index (χ1n) is 22.7. The summed E-state index contributed by atoms with van der Waals surface area (Å²) in [5.74, 6) is 0.319. The van der Waals surface area contributed by atoms with Gasteiger partial charge in [0, 0.05) is 45.2 Å². The summed E-state index contributed by atoms with van der Waals surface area (Å²) in [5, 5.41) is 2.29. The molecule has 0 N–H and O–H groups in total. The molecule has 62 heavy (non-hydrogen) atoms. The molecular weight excluding hydrogens is 751 g/mol. The standard InChI is InChI=1S/C58H53BN2O/c1-36-29-49-55-50(30-36)61(53-32-40(27-28-56(53,2)3)38-19-12-9-13-20-38)48-34-43-42(57(4,5)35-58(43,6)7)33-45(48)59(55)44-26-25-39(37-17-10-8-11-18-37)31-47(44)60(49)46-22-16-24-52-54(46)41-21-14-15-23-51(41)62-52/h8-17,19-27,29-34,37H,18,28,35H2,1-7H3. The van der Waals surface area contributed by atoms with Crippen molar-refractivity contribution in [3.8, 4) is 0 Å². The van der Waals surface area contributed by atoms with Crippen LogP contribution in [-0.2, 0) is 10.8 Å². The number of rotatable bonds is 4. The maximum Gasteiger partial charge on any atom is 0.252 e. The highest BCUT2D eigenvalue weighted by Crippen LogP contribution is 2.54. The van der Waals surface area contributed by atoms with Gasteiger partial charge in [0.1, 0.15) is 11.2 Å². The fourth-order valence-corrected chi connectivity index (χ4v) is 12.2. The lowest BCUT2D eigenvalue weighted by Crippen LogP contribution is -2.62. The maximum atomic E-state index is 6.61. The summed E-state index contributed by atoms with van der Waals surface area (Å²) in [6, 6.07) is 43.8. The number of nitrogens with zero attached hydrogens (tertiary/aromatic N) is 2. The first-order chi connectivity index (χ1) is 29.9. The molecule has 12 rings (SSSR count).